The normalized spacial score (nSPS) is 22.9. The molecule has 2 aromatic heterocycles. The predicted octanol–water partition coefficient (Wildman–Crippen LogP) is 7.68. The van der Waals surface area contributed by atoms with Crippen molar-refractivity contribution in [3.63, 3.8) is 0 Å². The van der Waals surface area contributed by atoms with Crippen molar-refractivity contribution >= 4 is 40.3 Å². The van der Waals surface area contributed by atoms with Crippen molar-refractivity contribution in [3.05, 3.63) is 76.3 Å². The second-order valence-electron chi connectivity index (χ2n) is 11.4. The van der Waals surface area contributed by atoms with Crippen molar-refractivity contribution in [1.29, 1.82) is 0 Å². The predicted molar refractivity (Wildman–Crippen MR) is 161 cm³/mol. The molecule has 7 heteroatoms. The summed E-state index contributed by atoms with van der Waals surface area (Å²) in [5, 5.41) is 5.13. The second kappa shape index (κ2) is 10.5. The molecular weight excluding hydrogens is 510 g/mol. The van der Waals surface area contributed by atoms with Crippen LogP contribution in [0.1, 0.15) is 86.2 Å². The lowest BCUT2D eigenvalue weighted by Crippen LogP contribution is -2.33. The third kappa shape index (κ3) is 4.60. The van der Waals surface area contributed by atoms with Crippen molar-refractivity contribution in [2.75, 3.05) is 22.9 Å². The largest absolute Gasteiger partial charge is 0.370 e. The van der Waals surface area contributed by atoms with E-state index in [2.05, 4.69) is 76.9 Å². The van der Waals surface area contributed by atoms with Gasteiger partial charge in [0.1, 0.15) is 0 Å². The fourth-order valence-corrected chi connectivity index (χ4v) is 7.57. The van der Waals surface area contributed by atoms with Gasteiger partial charge in [-0.1, -0.05) is 37.4 Å². The first-order chi connectivity index (χ1) is 18.4. The number of piperidine rings is 1. The van der Waals surface area contributed by atoms with Gasteiger partial charge in [0.25, 0.3) is 0 Å². The molecule has 1 saturated carbocycles. The lowest BCUT2D eigenvalue weighted by Gasteiger charge is -2.33. The Hall–Kier alpha value is -2.57. The lowest BCUT2D eigenvalue weighted by molar-refractivity contribution is 0.438. The van der Waals surface area contributed by atoms with Crippen LogP contribution in [0.2, 0.25) is 5.02 Å². The van der Waals surface area contributed by atoms with Gasteiger partial charge in [0.2, 0.25) is 0 Å². The Bertz CT molecular complexity index is 1310. The van der Waals surface area contributed by atoms with Gasteiger partial charge in [-0.05, 0) is 99.6 Å². The SMILES string of the molecule is Cc1cc([C@@H]2[C@H](c3ccccn3)NC(=S)N2c2ccc(N3CCC(C)CC3)c(Cl)c2)c(C)n1C1CCCC1. The van der Waals surface area contributed by atoms with Gasteiger partial charge in [0.05, 0.1) is 28.5 Å². The number of nitrogens with zero attached hydrogens (tertiary/aromatic N) is 4. The minimum Gasteiger partial charge on any atom is -0.370 e. The number of nitrogens with one attached hydrogen (secondary N) is 1. The van der Waals surface area contributed by atoms with E-state index in [9.17, 15) is 0 Å². The molecule has 0 bridgehead atoms. The Balaban J connectivity index is 1.41. The molecule has 2 saturated heterocycles. The third-order valence-electron chi connectivity index (χ3n) is 8.96. The average molecular weight is 548 g/mol. The fourth-order valence-electron chi connectivity index (χ4n) is 6.93. The van der Waals surface area contributed by atoms with Gasteiger partial charge in [-0.2, -0.15) is 0 Å². The Morgan fingerprint density at radius 2 is 1.76 bits per heavy atom. The van der Waals surface area contributed by atoms with E-state index in [1.807, 2.05) is 12.3 Å². The summed E-state index contributed by atoms with van der Waals surface area (Å²) in [4.78, 5) is 9.44. The van der Waals surface area contributed by atoms with E-state index in [-0.39, 0.29) is 12.1 Å². The number of hydrogen-bond donors (Lipinski definition) is 1. The first kappa shape index (κ1) is 25.7. The molecule has 0 amide bonds. The molecule has 200 valence electrons. The molecule has 0 radical (unpaired) electrons. The maximum absolute atomic E-state index is 6.97. The van der Waals surface area contributed by atoms with E-state index in [1.54, 1.807) is 0 Å². The lowest BCUT2D eigenvalue weighted by atomic mass is 9.96. The van der Waals surface area contributed by atoms with Crippen LogP contribution in [0.3, 0.4) is 0 Å². The number of aromatic nitrogens is 2. The smallest absolute Gasteiger partial charge is 0.174 e. The van der Waals surface area contributed by atoms with Crippen LogP contribution in [0.4, 0.5) is 11.4 Å². The number of anilines is 2. The number of halogens is 1. The van der Waals surface area contributed by atoms with E-state index in [0.717, 1.165) is 41.1 Å². The molecule has 2 aliphatic heterocycles. The number of benzene rings is 1. The van der Waals surface area contributed by atoms with Crippen LogP contribution >= 0.6 is 23.8 Å². The van der Waals surface area contributed by atoms with E-state index >= 15 is 0 Å². The highest BCUT2D eigenvalue weighted by molar-refractivity contribution is 7.80. The van der Waals surface area contributed by atoms with Gasteiger partial charge >= 0.3 is 0 Å². The summed E-state index contributed by atoms with van der Waals surface area (Å²) < 4.78 is 2.57. The molecule has 3 aromatic rings. The van der Waals surface area contributed by atoms with E-state index in [1.165, 1.54) is 55.5 Å². The molecule has 6 rings (SSSR count). The number of pyridine rings is 1. The molecule has 3 aliphatic rings. The Morgan fingerprint density at radius 1 is 1.00 bits per heavy atom. The van der Waals surface area contributed by atoms with Crippen LogP contribution < -0.4 is 15.1 Å². The van der Waals surface area contributed by atoms with Crippen LogP contribution in [0.25, 0.3) is 0 Å². The standard InChI is InChI=1S/C31H38ClN5S/c1-20-13-16-35(17-14-20)28-12-11-24(19-26(28)32)37-30(29(34-31(37)38)27-10-6-7-15-33-27)25-18-21(2)36(22(25)3)23-8-4-5-9-23/h6-7,10-12,15,18-20,23,29-30H,4-5,8-9,13-14,16-17H2,1-3H3,(H,34,38)/t29-,30+/m0/s1. The molecule has 4 heterocycles. The van der Waals surface area contributed by atoms with Crippen LogP contribution in [0.5, 0.6) is 0 Å². The van der Waals surface area contributed by atoms with Gasteiger partial charge < -0.3 is 19.7 Å². The highest BCUT2D eigenvalue weighted by Gasteiger charge is 2.42. The fraction of sp³-hybridized carbons (Fsp3) is 0.484. The van der Waals surface area contributed by atoms with E-state index < -0.39 is 0 Å². The number of thiocarbonyl (C=S) groups is 1. The summed E-state index contributed by atoms with van der Waals surface area (Å²) in [7, 11) is 0. The van der Waals surface area contributed by atoms with Crippen molar-refractivity contribution in [2.45, 2.75) is 77.4 Å². The third-order valence-corrected chi connectivity index (χ3v) is 9.58. The second-order valence-corrected chi connectivity index (χ2v) is 12.2. The molecule has 1 aromatic carbocycles. The zero-order valence-corrected chi connectivity index (χ0v) is 24.2. The van der Waals surface area contributed by atoms with Gasteiger partial charge in [-0.15, -0.1) is 0 Å². The molecule has 5 nitrogen and oxygen atoms in total. The maximum Gasteiger partial charge on any atom is 0.174 e. The topological polar surface area (TPSA) is 36.3 Å². The van der Waals surface area contributed by atoms with Crippen molar-refractivity contribution in [3.8, 4) is 0 Å². The minimum absolute atomic E-state index is 0.0171. The molecule has 0 unspecified atom stereocenters. The number of rotatable bonds is 5. The van der Waals surface area contributed by atoms with Gasteiger partial charge in [-0.25, -0.2) is 0 Å². The van der Waals surface area contributed by atoms with E-state index in [4.69, 9.17) is 28.8 Å². The average Bonchev–Trinajstić information content (AvgIpc) is 3.63. The van der Waals surface area contributed by atoms with Crippen LogP contribution in [0, 0.1) is 19.8 Å². The summed E-state index contributed by atoms with van der Waals surface area (Å²) in [5.74, 6) is 0.782. The van der Waals surface area contributed by atoms with Crippen LogP contribution in [0.15, 0.2) is 48.7 Å². The van der Waals surface area contributed by atoms with Crippen molar-refractivity contribution < 1.29 is 0 Å². The highest BCUT2D eigenvalue weighted by Crippen LogP contribution is 2.46. The minimum atomic E-state index is -0.0525. The Kier molecular flexibility index (Phi) is 7.12. The summed E-state index contributed by atoms with van der Waals surface area (Å²) in [6.07, 6.45) is 9.44. The maximum atomic E-state index is 6.97. The highest BCUT2D eigenvalue weighted by atomic mass is 35.5. The zero-order valence-electron chi connectivity index (χ0n) is 22.7. The first-order valence-corrected chi connectivity index (χ1v) is 14.9. The molecule has 2 atom stereocenters. The molecule has 38 heavy (non-hydrogen) atoms. The molecule has 1 aliphatic carbocycles. The Morgan fingerprint density at radius 3 is 2.45 bits per heavy atom. The summed E-state index contributed by atoms with van der Waals surface area (Å²) in [6.45, 7) is 8.98. The van der Waals surface area contributed by atoms with Crippen LogP contribution in [-0.4, -0.2) is 27.8 Å². The molecular formula is C31H38ClN5S. The first-order valence-electron chi connectivity index (χ1n) is 14.2. The quantitative estimate of drug-likeness (QED) is 0.331. The van der Waals surface area contributed by atoms with Gasteiger partial charge in [0.15, 0.2) is 5.11 Å². The van der Waals surface area contributed by atoms with Gasteiger partial charge in [0, 0.05) is 42.4 Å². The van der Waals surface area contributed by atoms with Crippen molar-refractivity contribution in [2.24, 2.45) is 5.92 Å². The zero-order chi connectivity index (χ0) is 26.4. The molecule has 0 spiro atoms. The number of aryl methyl sites for hydroxylation is 1. The van der Waals surface area contributed by atoms with Crippen molar-refractivity contribution in [1.82, 2.24) is 14.9 Å². The summed E-state index contributed by atoms with van der Waals surface area (Å²) in [6, 6.07) is 15.5. The Labute approximate surface area is 237 Å². The molecule has 1 N–H and O–H groups in total. The van der Waals surface area contributed by atoms with E-state index in [0.29, 0.717) is 11.2 Å². The monoisotopic (exact) mass is 547 g/mol. The summed E-state index contributed by atoms with van der Waals surface area (Å²) in [5.41, 5.74) is 7.12. The number of hydrogen-bond acceptors (Lipinski definition) is 3. The molecule has 3 fully saturated rings. The summed E-state index contributed by atoms with van der Waals surface area (Å²) >= 11 is 13.0. The van der Waals surface area contributed by atoms with Crippen LogP contribution in [-0.2, 0) is 0 Å². The van der Waals surface area contributed by atoms with Gasteiger partial charge in [-0.3, -0.25) is 4.98 Å².